The second-order valence-corrected chi connectivity index (χ2v) is 9.24. The molecule has 0 aliphatic heterocycles. The molecule has 1 aliphatic rings. The van der Waals surface area contributed by atoms with Crippen LogP contribution in [-0.2, 0) is 29.2 Å². The van der Waals surface area contributed by atoms with E-state index in [9.17, 15) is 19.2 Å². The second-order valence-electron chi connectivity index (χ2n) is 9.24. The molecule has 11 nitrogen and oxygen atoms in total. The Morgan fingerprint density at radius 1 is 1.11 bits per heavy atom. The van der Waals surface area contributed by atoms with Gasteiger partial charge in [0.15, 0.2) is 11.2 Å². The second kappa shape index (κ2) is 11.3. The maximum absolute atomic E-state index is 13.4. The van der Waals surface area contributed by atoms with Crippen molar-refractivity contribution in [3.8, 4) is 0 Å². The van der Waals surface area contributed by atoms with Crippen LogP contribution in [0, 0.1) is 5.92 Å². The Morgan fingerprint density at radius 2 is 1.86 bits per heavy atom. The summed E-state index contributed by atoms with van der Waals surface area (Å²) in [6.45, 7) is 2.33. The number of nitrogens with zero attached hydrogens (tertiary/aromatic N) is 4. The van der Waals surface area contributed by atoms with Crippen LogP contribution in [0.25, 0.3) is 11.2 Å². The Balaban J connectivity index is 1.63. The highest BCUT2D eigenvalue weighted by Gasteiger charge is 2.24. The van der Waals surface area contributed by atoms with Crippen LogP contribution < -0.4 is 21.9 Å². The standard InChI is InChI=1S/C25H32N6O5/c1-17-8-6-7-11-19(17)27-24(34)28-20(32)15-31-23(33)21-22(26-16-29(21)12-13-36-2)30(25(31)35)14-18-9-4-3-5-10-18/h3-5,9-10,16-17,19H,6-8,11-15H2,1-2H3,(H2,27,28,32,34)/t17-,19+/m1/s1. The van der Waals surface area contributed by atoms with Crippen LogP contribution in [0.15, 0.2) is 46.2 Å². The molecule has 0 bridgehead atoms. The van der Waals surface area contributed by atoms with E-state index in [1.165, 1.54) is 10.9 Å². The first-order valence-corrected chi connectivity index (χ1v) is 12.2. The highest BCUT2D eigenvalue weighted by atomic mass is 16.5. The molecule has 36 heavy (non-hydrogen) atoms. The number of fused-ring (bicyclic) bond motifs is 1. The molecule has 0 saturated heterocycles. The van der Waals surface area contributed by atoms with Gasteiger partial charge in [-0.1, -0.05) is 50.1 Å². The fourth-order valence-electron chi connectivity index (χ4n) is 4.69. The minimum absolute atomic E-state index is 0.0103. The summed E-state index contributed by atoms with van der Waals surface area (Å²) >= 11 is 0. The van der Waals surface area contributed by atoms with E-state index in [0.717, 1.165) is 35.8 Å². The van der Waals surface area contributed by atoms with Crippen LogP contribution in [0.1, 0.15) is 38.2 Å². The molecule has 3 aromatic rings. The minimum Gasteiger partial charge on any atom is -0.383 e. The van der Waals surface area contributed by atoms with E-state index in [-0.39, 0.29) is 23.8 Å². The minimum atomic E-state index is -0.747. The number of hydrogen-bond donors (Lipinski definition) is 2. The van der Waals surface area contributed by atoms with Crippen LogP contribution in [0.3, 0.4) is 0 Å². The number of carbonyl (C=O) groups excluding carboxylic acids is 2. The first-order valence-electron chi connectivity index (χ1n) is 12.2. The molecule has 1 fully saturated rings. The number of amides is 3. The van der Waals surface area contributed by atoms with E-state index < -0.39 is 29.7 Å². The van der Waals surface area contributed by atoms with Crippen molar-refractivity contribution in [1.82, 2.24) is 29.3 Å². The number of rotatable bonds is 8. The predicted octanol–water partition coefficient (Wildman–Crippen LogP) is 1.46. The van der Waals surface area contributed by atoms with Crippen molar-refractivity contribution in [3.63, 3.8) is 0 Å². The number of nitrogens with one attached hydrogen (secondary N) is 2. The average molecular weight is 497 g/mol. The fourth-order valence-corrected chi connectivity index (χ4v) is 4.69. The van der Waals surface area contributed by atoms with Crippen LogP contribution >= 0.6 is 0 Å². The van der Waals surface area contributed by atoms with Crippen molar-refractivity contribution in [2.45, 2.75) is 58.3 Å². The molecule has 11 heteroatoms. The van der Waals surface area contributed by atoms with Crippen LogP contribution in [0.4, 0.5) is 4.79 Å². The fraction of sp³-hybridized carbons (Fsp3) is 0.480. The molecule has 3 amide bonds. The number of methoxy groups -OCH3 is 1. The van der Waals surface area contributed by atoms with Crippen molar-refractivity contribution in [2.75, 3.05) is 13.7 Å². The van der Waals surface area contributed by atoms with Gasteiger partial charge in [-0.3, -0.25) is 19.5 Å². The lowest BCUT2D eigenvalue weighted by atomic mass is 9.86. The first-order chi connectivity index (χ1) is 17.4. The normalized spacial score (nSPS) is 17.7. The summed E-state index contributed by atoms with van der Waals surface area (Å²) in [4.78, 5) is 56.2. The molecular formula is C25H32N6O5. The number of urea groups is 1. The van der Waals surface area contributed by atoms with Gasteiger partial charge in [-0.2, -0.15) is 0 Å². The largest absolute Gasteiger partial charge is 0.383 e. The number of ether oxygens (including phenoxy) is 1. The topological polar surface area (TPSA) is 129 Å². The van der Waals surface area contributed by atoms with Gasteiger partial charge in [0.2, 0.25) is 5.91 Å². The molecule has 0 radical (unpaired) electrons. The lowest BCUT2D eigenvalue weighted by Gasteiger charge is -2.29. The van der Waals surface area contributed by atoms with Crippen LogP contribution in [-0.4, -0.2) is 50.4 Å². The van der Waals surface area contributed by atoms with E-state index in [2.05, 4.69) is 22.5 Å². The molecule has 1 aromatic carbocycles. The Kier molecular flexibility index (Phi) is 7.99. The number of imide groups is 1. The summed E-state index contributed by atoms with van der Waals surface area (Å²) in [5.41, 5.74) is -0.0707. The Labute approximate surface area is 208 Å². The summed E-state index contributed by atoms with van der Waals surface area (Å²) < 4.78 is 8.95. The third kappa shape index (κ3) is 5.56. The molecule has 0 unspecified atom stereocenters. The van der Waals surface area contributed by atoms with E-state index in [1.807, 2.05) is 30.3 Å². The lowest BCUT2D eigenvalue weighted by molar-refractivity contribution is -0.120. The number of aromatic nitrogens is 4. The van der Waals surface area contributed by atoms with Gasteiger partial charge in [-0.15, -0.1) is 0 Å². The van der Waals surface area contributed by atoms with Crippen molar-refractivity contribution < 1.29 is 14.3 Å². The van der Waals surface area contributed by atoms with Crippen molar-refractivity contribution in [1.29, 1.82) is 0 Å². The van der Waals surface area contributed by atoms with Gasteiger partial charge in [-0.25, -0.2) is 19.1 Å². The third-order valence-electron chi connectivity index (χ3n) is 6.69. The molecule has 4 rings (SSSR count). The van der Waals surface area contributed by atoms with E-state index >= 15 is 0 Å². The summed E-state index contributed by atoms with van der Waals surface area (Å²) in [5, 5.41) is 5.12. The predicted molar refractivity (Wildman–Crippen MR) is 134 cm³/mol. The van der Waals surface area contributed by atoms with E-state index in [1.54, 1.807) is 11.7 Å². The number of carbonyl (C=O) groups is 2. The van der Waals surface area contributed by atoms with E-state index in [4.69, 9.17) is 4.74 Å². The zero-order valence-corrected chi connectivity index (χ0v) is 20.6. The smallest absolute Gasteiger partial charge is 0.333 e. The van der Waals surface area contributed by atoms with Crippen molar-refractivity contribution in [3.05, 3.63) is 63.1 Å². The molecule has 1 aliphatic carbocycles. The summed E-state index contributed by atoms with van der Waals surface area (Å²) in [6, 6.07) is 8.66. The molecule has 2 N–H and O–H groups in total. The molecule has 0 spiro atoms. The molecule has 2 aromatic heterocycles. The van der Waals surface area contributed by atoms with Crippen molar-refractivity contribution >= 4 is 23.1 Å². The van der Waals surface area contributed by atoms with Gasteiger partial charge in [0.25, 0.3) is 5.56 Å². The molecule has 2 atom stereocenters. The Hall–Kier alpha value is -3.73. The van der Waals surface area contributed by atoms with E-state index in [0.29, 0.717) is 19.1 Å². The summed E-state index contributed by atoms with van der Waals surface area (Å²) in [7, 11) is 1.55. The number of benzene rings is 1. The van der Waals surface area contributed by atoms with Crippen LogP contribution in [0.2, 0.25) is 0 Å². The number of hydrogen-bond acceptors (Lipinski definition) is 6. The van der Waals surface area contributed by atoms with Gasteiger partial charge < -0.3 is 14.6 Å². The van der Waals surface area contributed by atoms with Gasteiger partial charge in [0.05, 0.1) is 19.5 Å². The summed E-state index contributed by atoms with van der Waals surface area (Å²) in [6.07, 6.45) is 5.51. The molecule has 2 heterocycles. The zero-order valence-electron chi connectivity index (χ0n) is 20.6. The summed E-state index contributed by atoms with van der Waals surface area (Å²) in [5.74, 6) is -0.425. The van der Waals surface area contributed by atoms with Crippen molar-refractivity contribution in [2.24, 2.45) is 5.92 Å². The third-order valence-corrected chi connectivity index (χ3v) is 6.69. The molecular weight excluding hydrogens is 464 g/mol. The SMILES string of the molecule is COCCn1cnc2c1c(=O)n(CC(=O)NC(=O)N[C@H]1CCCC[C@H]1C)c(=O)n2Cc1ccccc1. The monoisotopic (exact) mass is 496 g/mol. The Morgan fingerprint density at radius 3 is 2.58 bits per heavy atom. The first kappa shape index (κ1) is 25.4. The van der Waals surface area contributed by atoms with Gasteiger partial charge in [0.1, 0.15) is 6.54 Å². The average Bonchev–Trinajstić information content (AvgIpc) is 3.29. The quantitative estimate of drug-likeness (QED) is 0.486. The maximum Gasteiger partial charge on any atom is 0.333 e. The zero-order chi connectivity index (χ0) is 25.7. The number of imidazole rings is 1. The maximum atomic E-state index is 13.4. The highest BCUT2D eigenvalue weighted by molar-refractivity contribution is 5.94. The van der Waals surface area contributed by atoms with Crippen LogP contribution in [0.5, 0.6) is 0 Å². The van der Waals surface area contributed by atoms with Gasteiger partial charge >= 0.3 is 11.7 Å². The highest BCUT2D eigenvalue weighted by Crippen LogP contribution is 2.23. The van der Waals surface area contributed by atoms with Gasteiger partial charge in [-0.05, 0) is 24.3 Å². The molecule has 192 valence electrons. The molecule has 1 saturated carbocycles. The lowest BCUT2D eigenvalue weighted by Crippen LogP contribution is -2.50. The Bertz CT molecular complexity index is 1340. The van der Waals surface area contributed by atoms with Gasteiger partial charge in [0, 0.05) is 19.7 Å².